The van der Waals surface area contributed by atoms with E-state index in [1.807, 2.05) is 0 Å². The number of aromatic nitrogens is 1. The van der Waals surface area contributed by atoms with Gasteiger partial charge in [0.05, 0.1) is 17.5 Å². The molecule has 3 rings (SSSR count). The number of hydrogen-bond acceptors (Lipinski definition) is 5. The van der Waals surface area contributed by atoms with Gasteiger partial charge in [0.25, 0.3) is 11.8 Å². The number of thiophene rings is 1. The van der Waals surface area contributed by atoms with Crippen molar-refractivity contribution in [3.05, 3.63) is 46.1 Å². The molecule has 2 aromatic rings. The molecule has 0 spiro atoms. The van der Waals surface area contributed by atoms with E-state index in [0.29, 0.717) is 16.1 Å². The lowest BCUT2D eigenvalue weighted by Crippen LogP contribution is -2.28. The number of rotatable bonds is 6. The number of fused-ring (bicyclic) bond motifs is 1. The third kappa shape index (κ3) is 4.08. The van der Waals surface area contributed by atoms with E-state index in [-0.39, 0.29) is 24.8 Å². The van der Waals surface area contributed by atoms with E-state index in [4.69, 9.17) is 5.11 Å². The van der Waals surface area contributed by atoms with Crippen LogP contribution in [0.1, 0.15) is 50.4 Å². The van der Waals surface area contributed by atoms with Gasteiger partial charge < -0.3 is 15.7 Å². The number of carboxylic acids is 1. The first kappa shape index (κ1) is 18.1. The van der Waals surface area contributed by atoms with Crippen LogP contribution >= 0.6 is 11.3 Å². The van der Waals surface area contributed by atoms with E-state index >= 15 is 0 Å². The van der Waals surface area contributed by atoms with Crippen LogP contribution in [0.2, 0.25) is 0 Å². The highest BCUT2D eigenvalue weighted by Crippen LogP contribution is 2.38. The van der Waals surface area contributed by atoms with E-state index in [1.54, 1.807) is 18.3 Å². The highest BCUT2D eigenvalue weighted by Gasteiger charge is 2.26. The maximum Gasteiger partial charge on any atom is 0.305 e. The lowest BCUT2D eigenvalue weighted by molar-refractivity contribution is -0.136. The lowest BCUT2D eigenvalue weighted by atomic mass is 9.95. The summed E-state index contributed by atoms with van der Waals surface area (Å²) < 4.78 is 0. The molecule has 0 unspecified atom stereocenters. The second kappa shape index (κ2) is 8.09. The van der Waals surface area contributed by atoms with Crippen molar-refractivity contribution in [2.45, 2.75) is 32.1 Å². The van der Waals surface area contributed by atoms with E-state index in [1.165, 1.54) is 17.5 Å². The Morgan fingerprint density at radius 1 is 1.19 bits per heavy atom. The minimum Gasteiger partial charge on any atom is -0.481 e. The van der Waals surface area contributed by atoms with Crippen LogP contribution < -0.4 is 10.6 Å². The summed E-state index contributed by atoms with van der Waals surface area (Å²) in [6.45, 7) is 0.0504. The number of anilines is 1. The van der Waals surface area contributed by atoms with Crippen LogP contribution in [0.4, 0.5) is 5.00 Å². The first-order valence-electron chi connectivity index (χ1n) is 8.42. The fraction of sp³-hybridized carbons (Fsp3) is 0.333. The Bertz CT molecular complexity index is 832. The number of aryl methyl sites for hydroxylation is 1. The van der Waals surface area contributed by atoms with Gasteiger partial charge >= 0.3 is 5.97 Å². The summed E-state index contributed by atoms with van der Waals surface area (Å²) in [6, 6.07) is 3.33. The van der Waals surface area contributed by atoms with Gasteiger partial charge in [0.1, 0.15) is 5.00 Å². The molecule has 2 heterocycles. The molecule has 0 saturated heterocycles. The molecule has 0 atom stereocenters. The number of hydrogen-bond donors (Lipinski definition) is 3. The molecule has 0 bridgehead atoms. The van der Waals surface area contributed by atoms with Crippen molar-refractivity contribution in [2.24, 2.45) is 0 Å². The number of nitrogens with zero attached hydrogens (tertiary/aromatic N) is 1. The van der Waals surface area contributed by atoms with Crippen LogP contribution in [0, 0.1) is 0 Å². The summed E-state index contributed by atoms with van der Waals surface area (Å²) in [6.07, 6.45) is 6.64. The Balaban J connectivity index is 1.84. The minimum absolute atomic E-state index is 0.0504. The molecule has 1 aliphatic rings. The molecule has 2 aromatic heterocycles. The standard InChI is InChI=1S/C18H19N3O4S/c22-14(23)7-9-20-17(25)15-12-5-1-2-6-13(12)26-18(15)21-16(24)11-4-3-8-19-10-11/h3-4,8,10H,1-2,5-7,9H2,(H,20,25)(H,21,24)(H,22,23). The molecule has 3 N–H and O–H groups in total. The van der Waals surface area contributed by atoms with E-state index in [0.717, 1.165) is 36.1 Å². The molecule has 0 aliphatic heterocycles. The van der Waals surface area contributed by atoms with Crippen LogP contribution in [-0.4, -0.2) is 34.4 Å². The molecule has 0 fully saturated rings. The lowest BCUT2D eigenvalue weighted by Gasteiger charge is -2.13. The van der Waals surface area contributed by atoms with Gasteiger partial charge in [-0.1, -0.05) is 0 Å². The fourth-order valence-corrected chi connectivity index (χ4v) is 4.22. The highest BCUT2D eigenvalue weighted by molar-refractivity contribution is 7.17. The van der Waals surface area contributed by atoms with Gasteiger partial charge in [-0.3, -0.25) is 19.4 Å². The Morgan fingerprint density at radius 2 is 2.00 bits per heavy atom. The van der Waals surface area contributed by atoms with Crippen LogP contribution in [0.15, 0.2) is 24.5 Å². The number of nitrogens with one attached hydrogen (secondary N) is 2. The topological polar surface area (TPSA) is 108 Å². The molecule has 1 aliphatic carbocycles. The molecule has 7 nitrogen and oxygen atoms in total. The molecule has 0 aromatic carbocycles. The monoisotopic (exact) mass is 373 g/mol. The quantitative estimate of drug-likeness (QED) is 0.721. The first-order chi connectivity index (χ1) is 12.6. The number of carboxylic acid groups (broad SMARTS) is 1. The third-order valence-corrected chi connectivity index (χ3v) is 5.38. The SMILES string of the molecule is O=C(O)CCNC(=O)c1c(NC(=O)c2cccnc2)sc2c1CCCC2. The predicted molar refractivity (Wildman–Crippen MR) is 97.7 cm³/mol. The van der Waals surface area contributed by atoms with Crippen molar-refractivity contribution in [1.82, 2.24) is 10.3 Å². The van der Waals surface area contributed by atoms with E-state index in [9.17, 15) is 14.4 Å². The van der Waals surface area contributed by atoms with Crippen LogP contribution in [0.3, 0.4) is 0 Å². The van der Waals surface area contributed by atoms with Gasteiger partial charge in [-0.25, -0.2) is 0 Å². The van der Waals surface area contributed by atoms with Crippen molar-refractivity contribution in [2.75, 3.05) is 11.9 Å². The Morgan fingerprint density at radius 3 is 2.73 bits per heavy atom. The van der Waals surface area contributed by atoms with Crippen molar-refractivity contribution >= 4 is 34.1 Å². The fourth-order valence-electron chi connectivity index (χ4n) is 2.94. The average Bonchev–Trinajstić information content (AvgIpc) is 2.99. The zero-order chi connectivity index (χ0) is 18.5. The van der Waals surface area contributed by atoms with Crippen LogP contribution in [0.5, 0.6) is 0 Å². The number of pyridine rings is 1. The highest BCUT2D eigenvalue weighted by atomic mass is 32.1. The summed E-state index contributed by atoms with van der Waals surface area (Å²) in [5.74, 6) is -1.63. The van der Waals surface area contributed by atoms with Crippen molar-refractivity contribution < 1.29 is 19.5 Å². The zero-order valence-electron chi connectivity index (χ0n) is 14.1. The second-order valence-corrected chi connectivity index (χ2v) is 7.12. The van der Waals surface area contributed by atoms with Gasteiger partial charge in [-0.05, 0) is 43.4 Å². The Labute approximate surface area is 154 Å². The third-order valence-electron chi connectivity index (χ3n) is 4.17. The largest absolute Gasteiger partial charge is 0.481 e. The molecule has 0 radical (unpaired) electrons. The van der Waals surface area contributed by atoms with Crippen molar-refractivity contribution in [3.8, 4) is 0 Å². The van der Waals surface area contributed by atoms with Crippen LogP contribution in [-0.2, 0) is 17.6 Å². The summed E-state index contributed by atoms with van der Waals surface area (Å²) >= 11 is 1.42. The maximum atomic E-state index is 12.6. The molecule has 136 valence electrons. The predicted octanol–water partition coefficient (Wildman–Crippen LogP) is 2.48. The van der Waals surface area contributed by atoms with Crippen molar-refractivity contribution in [3.63, 3.8) is 0 Å². The second-order valence-electron chi connectivity index (χ2n) is 6.01. The molecule has 26 heavy (non-hydrogen) atoms. The zero-order valence-corrected chi connectivity index (χ0v) is 14.9. The van der Waals surface area contributed by atoms with Gasteiger partial charge in [-0.15, -0.1) is 11.3 Å². The number of carbonyl (C=O) groups excluding carboxylic acids is 2. The van der Waals surface area contributed by atoms with Gasteiger partial charge in [0, 0.05) is 23.8 Å². The molecular formula is C18H19N3O4S. The van der Waals surface area contributed by atoms with Gasteiger partial charge in [-0.2, -0.15) is 0 Å². The number of amides is 2. The summed E-state index contributed by atoms with van der Waals surface area (Å²) in [4.78, 5) is 40.8. The minimum atomic E-state index is -0.970. The average molecular weight is 373 g/mol. The van der Waals surface area contributed by atoms with Gasteiger partial charge in [0.15, 0.2) is 0 Å². The van der Waals surface area contributed by atoms with Crippen molar-refractivity contribution in [1.29, 1.82) is 0 Å². The van der Waals surface area contributed by atoms with E-state index in [2.05, 4.69) is 15.6 Å². The normalized spacial score (nSPS) is 12.9. The van der Waals surface area contributed by atoms with Gasteiger partial charge in [0.2, 0.25) is 0 Å². The summed E-state index contributed by atoms with van der Waals surface area (Å²) in [5.41, 5.74) is 1.85. The molecule has 0 saturated carbocycles. The Hall–Kier alpha value is -2.74. The number of aliphatic carboxylic acids is 1. The number of carbonyl (C=O) groups is 3. The van der Waals surface area contributed by atoms with E-state index < -0.39 is 5.97 Å². The summed E-state index contributed by atoms with van der Waals surface area (Å²) in [7, 11) is 0. The molecule has 2 amide bonds. The smallest absolute Gasteiger partial charge is 0.305 e. The molecule has 8 heteroatoms. The maximum absolute atomic E-state index is 12.6. The molecular weight excluding hydrogens is 354 g/mol. The van der Waals surface area contributed by atoms with Crippen LogP contribution in [0.25, 0.3) is 0 Å². The first-order valence-corrected chi connectivity index (χ1v) is 9.24. The summed E-state index contributed by atoms with van der Waals surface area (Å²) in [5, 5.41) is 14.7. The Kier molecular flexibility index (Phi) is 5.62.